The molecule has 3 aromatic rings. The van der Waals surface area contributed by atoms with Crippen molar-refractivity contribution in [3.63, 3.8) is 0 Å². The summed E-state index contributed by atoms with van der Waals surface area (Å²) in [5, 5.41) is 19.0. The maximum atomic E-state index is 10.1. The van der Waals surface area contributed by atoms with E-state index >= 15 is 0 Å². The molecule has 0 radical (unpaired) electrons. The zero-order chi connectivity index (χ0) is 17.1. The van der Waals surface area contributed by atoms with Crippen LogP contribution in [0.4, 0.5) is 0 Å². The molecule has 2 N–H and O–H groups in total. The molecule has 2 unspecified atom stereocenters. The number of aliphatic hydroxyl groups excluding tert-OH is 1. The van der Waals surface area contributed by atoms with Crippen molar-refractivity contribution in [2.24, 2.45) is 13.0 Å². The van der Waals surface area contributed by atoms with Crippen LogP contribution in [-0.4, -0.2) is 27.5 Å². The van der Waals surface area contributed by atoms with Crippen LogP contribution in [0, 0.1) is 5.92 Å². The summed E-state index contributed by atoms with van der Waals surface area (Å²) < 4.78 is 7.73. The van der Waals surface area contributed by atoms with Crippen LogP contribution in [-0.2, 0) is 13.6 Å². The highest BCUT2D eigenvalue weighted by atomic mass is 16.3. The normalized spacial score (nSPS) is 14.2. The molecule has 5 heteroatoms. The van der Waals surface area contributed by atoms with E-state index in [1.165, 1.54) is 0 Å². The van der Waals surface area contributed by atoms with Crippen LogP contribution < -0.4 is 5.32 Å². The van der Waals surface area contributed by atoms with Crippen LogP contribution in [0.25, 0.3) is 22.4 Å². The van der Waals surface area contributed by atoms with Crippen molar-refractivity contribution in [1.29, 1.82) is 0 Å². The molecule has 0 fully saturated rings. The fourth-order valence-corrected chi connectivity index (χ4v) is 2.80. The lowest BCUT2D eigenvalue weighted by atomic mass is 10.0. The van der Waals surface area contributed by atoms with Gasteiger partial charge in [-0.25, -0.2) is 0 Å². The molecule has 0 bridgehead atoms. The van der Waals surface area contributed by atoms with E-state index in [0.29, 0.717) is 19.0 Å². The number of para-hydroxylation sites is 1. The molecule has 1 aromatic carbocycles. The van der Waals surface area contributed by atoms with Gasteiger partial charge in [0.05, 0.1) is 6.10 Å². The van der Waals surface area contributed by atoms with E-state index in [2.05, 4.69) is 24.3 Å². The quantitative estimate of drug-likeness (QED) is 0.699. The summed E-state index contributed by atoms with van der Waals surface area (Å²) >= 11 is 0. The summed E-state index contributed by atoms with van der Waals surface area (Å²) in [6.07, 6.45) is 2.63. The number of hydrogen-bond donors (Lipinski definition) is 2. The van der Waals surface area contributed by atoms with E-state index in [9.17, 15) is 5.11 Å². The van der Waals surface area contributed by atoms with Crippen molar-refractivity contribution in [2.45, 2.75) is 32.9 Å². The Hall–Kier alpha value is -2.11. The number of rotatable bonds is 7. The second-order valence-corrected chi connectivity index (χ2v) is 6.41. The topological polar surface area (TPSA) is 63.2 Å². The first-order valence-corrected chi connectivity index (χ1v) is 8.48. The van der Waals surface area contributed by atoms with Gasteiger partial charge in [0.1, 0.15) is 11.3 Å². The maximum absolute atomic E-state index is 10.1. The van der Waals surface area contributed by atoms with Gasteiger partial charge in [-0.05, 0) is 18.1 Å². The number of nitrogens with zero attached hydrogens (tertiary/aromatic N) is 2. The Morgan fingerprint density at radius 1 is 1.33 bits per heavy atom. The zero-order valence-corrected chi connectivity index (χ0v) is 14.5. The Morgan fingerprint density at radius 2 is 2.12 bits per heavy atom. The van der Waals surface area contributed by atoms with Crippen LogP contribution in [0.15, 0.2) is 40.9 Å². The van der Waals surface area contributed by atoms with E-state index in [4.69, 9.17) is 4.42 Å². The molecule has 0 aliphatic carbocycles. The third kappa shape index (κ3) is 3.52. The van der Waals surface area contributed by atoms with Gasteiger partial charge in [0.2, 0.25) is 0 Å². The van der Waals surface area contributed by atoms with Gasteiger partial charge in [-0.2, -0.15) is 5.10 Å². The van der Waals surface area contributed by atoms with Crippen LogP contribution in [0.2, 0.25) is 0 Å². The van der Waals surface area contributed by atoms with Crippen LogP contribution in [0.3, 0.4) is 0 Å². The lowest BCUT2D eigenvalue weighted by Gasteiger charge is -2.17. The summed E-state index contributed by atoms with van der Waals surface area (Å²) in [6.45, 7) is 5.38. The lowest BCUT2D eigenvalue weighted by Crippen LogP contribution is -2.31. The van der Waals surface area contributed by atoms with Gasteiger partial charge in [0.25, 0.3) is 0 Å². The molecule has 2 atom stereocenters. The average Bonchev–Trinajstić information content (AvgIpc) is 3.16. The van der Waals surface area contributed by atoms with E-state index in [1.807, 2.05) is 43.6 Å². The average molecular weight is 327 g/mol. The first kappa shape index (κ1) is 16.7. The summed E-state index contributed by atoms with van der Waals surface area (Å²) in [4.78, 5) is 0. The highest BCUT2D eigenvalue weighted by molar-refractivity contribution is 5.82. The minimum absolute atomic E-state index is 0.293. The first-order valence-electron chi connectivity index (χ1n) is 8.48. The summed E-state index contributed by atoms with van der Waals surface area (Å²) in [5.41, 5.74) is 2.77. The predicted octanol–water partition coefficient (Wildman–Crippen LogP) is 3.33. The molecule has 0 saturated heterocycles. The Bertz CT molecular complexity index is 773. The van der Waals surface area contributed by atoms with Gasteiger partial charge >= 0.3 is 0 Å². The number of hydrogen-bond acceptors (Lipinski definition) is 4. The minimum atomic E-state index is -0.332. The zero-order valence-electron chi connectivity index (χ0n) is 14.5. The molecule has 0 saturated carbocycles. The molecule has 0 aliphatic rings. The minimum Gasteiger partial charge on any atom is -0.454 e. The van der Waals surface area contributed by atoms with Crippen molar-refractivity contribution in [3.8, 4) is 11.5 Å². The Labute approximate surface area is 142 Å². The van der Waals surface area contributed by atoms with Gasteiger partial charge in [-0.15, -0.1) is 0 Å². The Morgan fingerprint density at radius 3 is 2.88 bits per heavy atom. The third-order valence-corrected chi connectivity index (χ3v) is 4.53. The molecule has 3 rings (SSSR count). The second kappa shape index (κ2) is 7.20. The largest absolute Gasteiger partial charge is 0.454 e. The summed E-state index contributed by atoms with van der Waals surface area (Å²) in [5.74, 6) is 1.07. The first-order chi connectivity index (χ1) is 11.6. The molecular formula is C19H25N3O2. The number of nitrogens with one attached hydrogen (secondary N) is 1. The molecule has 0 spiro atoms. The van der Waals surface area contributed by atoms with Crippen LogP contribution in [0.5, 0.6) is 0 Å². The fourth-order valence-electron chi connectivity index (χ4n) is 2.80. The van der Waals surface area contributed by atoms with Gasteiger partial charge < -0.3 is 14.8 Å². The SMILES string of the molecule is CCC(C)C(O)CNCc1cn(C)nc1-c1cc2ccccc2o1. The molecule has 2 aromatic heterocycles. The number of aliphatic hydroxyl groups is 1. The fraction of sp³-hybridized carbons (Fsp3) is 0.421. The highest BCUT2D eigenvalue weighted by Crippen LogP contribution is 2.28. The number of aromatic nitrogens is 2. The summed E-state index contributed by atoms with van der Waals surface area (Å²) in [6, 6.07) is 9.98. The number of aryl methyl sites for hydroxylation is 1. The van der Waals surface area contributed by atoms with Gasteiger partial charge in [0, 0.05) is 37.3 Å². The Balaban J connectivity index is 1.75. The second-order valence-electron chi connectivity index (χ2n) is 6.41. The lowest BCUT2D eigenvalue weighted by molar-refractivity contribution is 0.113. The number of fused-ring (bicyclic) bond motifs is 1. The standard InChI is InChI=1S/C19H25N3O2/c1-4-13(2)16(23)11-20-10-15-12-22(3)21-19(15)18-9-14-7-5-6-8-17(14)24-18/h5-9,12-13,16,20,23H,4,10-11H2,1-3H3. The molecular weight excluding hydrogens is 302 g/mol. The predicted molar refractivity (Wildman–Crippen MR) is 95.6 cm³/mol. The van der Waals surface area contributed by atoms with Crippen molar-refractivity contribution >= 4 is 11.0 Å². The number of benzene rings is 1. The van der Waals surface area contributed by atoms with Gasteiger partial charge in [-0.3, -0.25) is 4.68 Å². The van der Waals surface area contributed by atoms with Gasteiger partial charge in [-0.1, -0.05) is 38.5 Å². The van der Waals surface area contributed by atoms with Crippen LogP contribution >= 0.6 is 0 Å². The van der Waals surface area contributed by atoms with E-state index in [-0.39, 0.29) is 6.10 Å². The van der Waals surface area contributed by atoms with Gasteiger partial charge in [0.15, 0.2) is 5.76 Å². The van der Waals surface area contributed by atoms with Crippen molar-refractivity contribution in [1.82, 2.24) is 15.1 Å². The van der Waals surface area contributed by atoms with E-state index in [0.717, 1.165) is 34.4 Å². The molecule has 0 amide bonds. The van der Waals surface area contributed by atoms with Crippen LogP contribution in [0.1, 0.15) is 25.8 Å². The third-order valence-electron chi connectivity index (χ3n) is 4.53. The molecule has 0 aliphatic heterocycles. The van der Waals surface area contributed by atoms with Crippen molar-refractivity contribution in [3.05, 3.63) is 42.1 Å². The van der Waals surface area contributed by atoms with E-state index in [1.54, 1.807) is 4.68 Å². The molecule has 128 valence electrons. The smallest absolute Gasteiger partial charge is 0.156 e. The molecule has 24 heavy (non-hydrogen) atoms. The Kier molecular flexibility index (Phi) is 5.02. The number of furan rings is 1. The van der Waals surface area contributed by atoms with E-state index < -0.39 is 0 Å². The molecule has 2 heterocycles. The summed E-state index contributed by atoms with van der Waals surface area (Å²) in [7, 11) is 1.91. The molecule has 5 nitrogen and oxygen atoms in total. The highest BCUT2D eigenvalue weighted by Gasteiger charge is 2.16. The monoisotopic (exact) mass is 327 g/mol. The van der Waals surface area contributed by atoms with Crippen molar-refractivity contribution in [2.75, 3.05) is 6.54 Å². The van der Waals surface area contributed by atoms with Crippen molar-refractivity contribution < 1.29 is 9.52 Å². The maximum Gasteiger partial charge on any atom is 0.156 e.